The van der Waals surface area contributed by atoms with Crippen molar-refractivity contribution in [1.82, 2.24) is 0 Å². The lowest BCUT2D eigenvalue weighted by Gasteiger charge is -2.15. The van der Waals surface area contributed by atoms with Gasteiger partial charge in [0, 0.05) is 10.0 Å². The number of benzene rings is 1. The Morgan fingerprint density at radius 2 is 1.69 bits per heavy atom. The third kappa shape index (κ3) is 4.39. The summed E-state index contributed by atoms with van der Waals surface area (Å²) in [6, 6.07) is 4.25. The van der Waals surface area contributed by atoms with Crippen molar-refractivity contribution in [2.75, 3.05) is 6.61 Å². The van der Waals surface area contributed by atoms with Crippen LogP contribution in [-0.4, -0.2) is 17.6 Å². The summed E-state index contributed by atoms with van der Waals surface area (Å²) in [6.45, 7) is -0.541. The van der Waals surface area contributed by atoms with E-state index < -0.39 is 17.6 Å². The quantitative estimate of drug-likeness (QED) is 0.726. The molecule has 1 aromatic rings. The Balaban J connectivity index is 2.61. The Morgan fingerprint density at radius 1 is 1.19 bits per heavy atom. The number of hydrogen-bond donors (Lipinski definition) is 0. The number of rotatable bonds is 3. The second kappa shape index (κ2) is 5.47. The zero-order valence-electron chi connectivity index (χ0n) is 7.69. The van der Waals surface area contributed by atoms with E-state index in [0.29, 0.717) is 10.0 Å². The average molecular weight is 338 g/mol. The molecule has 1 nitrogen and oxygen atoms in total. The van der Waals surface area contributed by atoms with E-state index in [4.69, 9.17) is 27.9 Å². The van der Waals surface area contributed by atoms with Crippen molar-refractivity contribution in [1.29, 1.82) is 0 Å². The SMILES string of the molecule is FC(F)(F)C(Br)COc1cc(Cl)cc(Cl)c1. The number of hydrogen-bond acceptors (Lipinski definition) is 1. The molecule has 0 saturated heterocycles. The normalized spacial score (nSPS) is 13.6. The highest BCUT2D eigenvalue weighted by atomic mass is 79.9. The van der Waals surface area contributed by atoms with E-state index in [0.717, 1.165) is 0 Å². The van der Waals surface area contributed by atoms with Crippen LogP contribution in [0, 0.1) is 0 Å². The fourth-order valence-corrected chi connectivity index (χ4v) is 1.51. The molecule has 0 aromatic heterocycles. The Kier molecular flexibility index (Phi) is 4.76. The minimum absolute atomic E-state index is 0.200. The van der Waals surface area contributed by atoms with Crippen LogP contribution < -0.4 is 4.74 Å². The molecule has 0 radical (unpaired) electrons. The first-order chi connectivity index (χ1) is 7.29. The first-order valence-corrected chi connectivity index (χ1v) is 5.76. The van der Waals surface area contributed by atoms with Crippen molar-refractivity contribution in [3.63, 3.8) is 0 Å². The molecule has 0 spiro atoms. The van der Waals surface area contributed by atoms with Gasteiger partial charge in [-0.3, -0.25) is 0 Å². The van der Waals surface area contributed by atoms with Gasteiger partial charge in [-0.15, -0.1) is 0 Å². The monoisotopic (exact) mass is 336 g/mol. The van der Waals surface area contributed by atoms with E-state index >= 15 is 0 Å². The minimum atomic E-state index is -4.34. The summed E-state index contributed by atoms with van der Waals surface area (Å²) in [5, 5.41) is 0.612. The predicted molar refractivity (Wildman–Crippen MR) is 60.7 cm³/mol. The lowest BCUT2D eigenvalue weighted by atomic mass is 10.3. The summed E-state index contributed by atoms with van der Waals surface area (Å²) >= 11 is 13.8. The Bertz CT molecular complexity index is 350. The van der Waals surface area contributed by atoms with Gasteiger partial charge in [-0.1, -0.05) is 39.1 Å². The van der Waals surface area contributed by atoms with Gasteiger partial charge in [-0.2, -0.15) is 13.2 Å². The topological polar surface area (TPSA) is 9.23 Å². The lowest BCUT2D eigenvalue weighted by Crippen LogP contribution is -2.28. The molecule has 0 fully saturated rings. The molecule has 0 aliphatic rings. The van der Waals surface area contributed by atoms with Crippen LogP contribution in [0.25, 0.3) is 0 Å². The molecule has 7 heteroatoms. The highest BCUT2D eigenvalue weighted by Gasteiger charge is 2.38. The number of ether oxygens (including phenoxy) is 1. The van der Waals surface area contributed by atoms with Crippen LogP contribution >= 0.6 is 39.1 Å². The highest BCUT2D eigenvalue weighted by molar-refractivity contribution is 9.09. The van der Waals surface area contributed by atoms with E-state index in [1.54, 1.807) is 0 Å². The second-order valence-corrected chi connectivity index (χ2v) is 4.90. The molecule has 1 atom stereocenters. The van der Waals surface area contributed by atoms with Crippen LogP contribution in [0.15, 0.2) is 18.2 Å². The van der Waals surface area contributed by atoms with Gasteiger partial charge in [0.2, 0.25) is 0 Å². The summed E-state index contributed by atoms with van der Waals surface area (Å²) < 4.78 is 41.3. The maximum absolute atomic E-state index is 12.1. The molecule has 0 N–H and O–H groups in total. The summed E-state index contributed by atoms with van der Waals surface area (Å²) in [5.74, 6) is 0.200. The molecule has 0 saturated carbocycles. The standard InChI is InChI=1S/C9H6BrCl2F3O/c10-8(9(13,14)15)4-16-7-2-5(11)1-6(12)3-7/h1-3,8H,4H2. The van der Waals surface area contributed by atoms with Crippen molar-refractivity contribution in [2.24, 2.45) is 0 Å². The second-order valence-electron chi connectivity index (χ2n) is 2.93. The van der Waals surface area contributed by atoms with Crippen molar-refractivity contribution >= 4 is 39.1 Å². The molecule has 0 bridgehead atoms. The van der Waals surface area contributed by atoms with Gasteiger partial charge in [0.1, 0.15) is 17.2 Å². The molecule has 1 rings (SSSR count). The number of alkyl halides is 4. The molecule has 1 unspecified atom stereocenters. The summed E-state index contributed by atoms with van der Waals surface area (Å²) in [5.41, 5.74) is 0. The maximum atomic E-state index is 12.1. The van der Waals surface area contributed by atoms with Crippen molar-refractivity contribution in [3.8, 4) is 5.75 Å². The average Bonchev–Trinajstić information content (AvgIpc) is 2.11. The largest absolute Gasteiger partial charge is 0.492 e. The van der Waals surface area contributed by atoms with Crippen molar-refractivity contribution in [3.05, 3.63) is 28.2 Å². The molecular weight excluding hydrogens is 332 g/mol. The lowest BCUT2D eigenvalue weighted by molar-refractivity contribution is -0.132. The third-order valence-corrected chi connectivity index (χ3v) is 2.81. The van der Waals surface area contributed by atoms with Gasteiger partial charge in [0.15, 0.2) is 0 Å². The smallest absolute Gasteiger partial charge is 0.404 e. The third-order valence-electron chi connectivity index (χ3n) is 1.59. The van der Waals surface area contributed by atoms with Crippen LogP contribution in [0.4, 0.5) is 13.2 Å². The van der Waals surface area contributed by atoms with Crippen molar-refractivity contribution < 1.29 is 17.9 Å². The Morgan fingerprint density at radius 3 is 2.12 bits per heavy atom. The predicted octanol–water partition coefficient (Wildman–Crippen LogP) is 4.70. The molecule has 16 heavy (non-hydrogen) atoms. The molecule has 0 aliphatic carbocycles. The highest BCUT2D eigenvalue weighted by Crippen LogP contribution is 2.28. The van der Waals surface area contributed by atoms with E-state index in [1.807, 2.05) is 0 Å². The van der Waals surface area contributed by atoms with Crippen LogP contribution in [0.2, 0.25) is 10.0 Å². The van der Waals surface area contributed by atoms with Gasteiger partial charge >= 0.3 is 6.18 Å². The van der Waals surface area contributed by atoms with Crippen LogP contribution in [0.3, 0.4) is 0 Å². The van der Waals surface area contributed by atoms with Gasteiger partial charge in [0.25, 0.3) is 0 Å². The molecule has 90 valence electrons. The molecule has 0 heterocycles. The minimum Gasteiger partial charge on any atom is -0.492 e. The molecule has 0 aliphatic heterocycles. The van der Waals surface area contributed by atoms with E-state index in [2.05, 4.69) is 15.9 Å². The van der Waals surface area contributed by atoms with Gasteiger partial charge in [-0.05, 0) is 18.2 Å². The fourth-order valence-electron chi connectivity index (χ4n) is 0.876. The zero-order chi connectivity index (χ0) is 12.3. The van der Waals surface area contributed by atoms with Crippen LogP contribution in [0.1, 0.15) is 0 Å². The van der Waals surface area contributed by atoms with Crippen LogP contribution in [-0.2, 0) is 0 Å². The number of halogens is 6. The summed E-state index contributed by atoms with van der Waals surface area (Å²) in [6.07, 6.45) is -4.34. The first kappa shape index (κ1) is 13.9. The molecule has 0 amide bonds. The Labute approximate surface area is 109 Å². The fraction of sp³-hybridized carbons (Fsp3) is 0.333. The van der Waals surface area contributed by atoms with E-state index in [9.17, 15) is 13.2 Å². The van der Waals surface area contributed by atoms with E-state index in [1.165, 1.54) is 18.2 Å². The first-order valence-electron chi connectivity index (χ1n) is 4.08. The van der Waals surface area contributed by atoms with Gasteiger partial charge < -0.3 is 4.74 Å². The molecule has 1 aromatic carbocycles. The van der Waals surface area contributed by atoms with E-state index in [-0.39, 0.29) is 5.75 Å². The van der Waals surface area contributed by atoms with Crippen LogP contribution in [0.5, 0.6) is 5.75 Å². The summed E-state index contributed by atoms with van der Waals surface area (Å²) in [7, 11) is 0. The van der Waals surface area contributed by atoms with Gasteiger partial charge in [-0.25, -0.2) is 0 Å². The Hall–Kier alpha value is -0.130. The molecular formula is C9H6BrCl2F3O. The summed E-state index contributed by atoms with van der Waals surface area (Å²) in [4.78, 5) is -1.72. The van der Waals surface area contributed by atoms with Gasteiger partial charge in [0.05, 0.1) is 0 Å². The zero-order valence-corrected chi connectivity index (χ0v) is 10.8. The van der Waals surface area contributed by atoms with Crippen molar-refractivity contribution in [2.45, 2.75) is 11.0 Å². The maximum Gasteiger partial charge on any atom is 0.404 e.